The van der Waals surface area contributed by atoms with Crippen molar-refractivity contribution in [1.29, 1.82) is 0 Å². The Hall–Kier alpha value is -3.67. The Bertz CT molecular complexity index is 1250. The lowest BCUT2D eigenvalue weighted by Gasteiger charge is -2.18. The number of rotatable bonds is 43. The highest BCUT2D eigenvalue weighted by Crippen LogP contribution is 2.13. The molecule has 6 heteroatoms. The van der Waals surface area contributed by atoms with Crippen LogP contribution >= 0.6 is 0 Å². The molecule has 0 bridgehead atoms. The maximum Gasteiger partial charge on any atom is 0.306 e. The topological polar surface area (TPSA) is 78.9 Å². The fourth-order valence-corrected chi connectivity index (χ4v) is 6.41. The molecular formula is C55H90O6. The molecule has 0 saturated carbocycles. The van der Waals surface area contributed by atoms with E-state index in [2.05, 4.69) is 118 Å². The van der Waals surface area contributed by atoms with Crippen LogP contribution < -0.4 is 0 Å². The minimum absolute atomic E-state index is 0.103. The molecule has 0 heterocycles. The van der Waals surface area contributed by atoms with E-state index in [9.17, 15) is 14.4 Å². The number of carbonyl (C=O) groups is 3. The zero-order valence-electron chi connectivity index (χ0n) is 39.4. The lowest BCUT2D eigenvalue weighted by molar-refractivity contribution is -0.167. The van der Waals surface area contributed by atoms with Gasteiger partial charge in [0, 0.05) is 19.3 Å². The summed E-state index contributed by atoms with van der Waals surface area (Å²) in [4.78, 5) is 37.9. The monoisotopic (exact) mass is 847 g/mol. The van der Waals surface area contributed by atoms with Crippen molar-refractivity contribution in [2.24, 2.45) is 0 Å². The summed E-state index contributed by atoms with van der Waals surface area (Å²) in [6.07, 6.45) is 63.8. The number of carbonyl (C=O) groups excluding carboxylic acids is 3. The molecule has 346 valence electrons. The minimum Gasteiger partial charge on any atom is -0.462 e. The summed E-state index contributed by atoms with van der Waals surface area (Å²) in [5.41, 5.74) is 0. The second-order valence-corrected chi connectivity index (χ2v) is 16.1. The molecule has 0 aromatic heterocycles. The van der Waals surface area contributed by atoms with Crippen LogP contribution in [0.15, 0.2) is 97.2 Å². The van der Waals surface area contributed by atoms with Crippen LogP contribution in [0.4, 0.5) is 0 Å². The Morgan fingerprint density at radius 3 is 1.21 bits per heavy atom. The normalized spacial score (nSPS) is 12.9. The van der Waals surface area contributed by atoms with E-state index in [1.54, 1.807) is 0 Å². The van der Waals surface area contributed by atoms with Crippen molar-refractivity contribution >= 4 is 17.9 Å². The van der Waals surface area contributed by atoms with Crippen LogP contribution in [0.25, 0.3) is 0 Å². The van der Waals surface area contributed by atoms with Crippen LogP contribution in [-0.2, 0) is 28.6 Å². The first-order valence-corrected chi connectivity index (χ1v) is 24.8. The van der Waals surface area contributed by atoms with Crippen molar-refractivity contribution in [2.75, 3.05) is 13.2 Å². The summed E-state index contributed by atoms with van der Waals surface area (Å²) in [5.74, 6) is -0.967. The third kappa shape index (κ3) is 47.2. The molecular weight excluding hydrogens is 757 g/mol. The van der Waals surface area contributed by atoms with Crippen LogP contribution in [0.3, 0.4) is 0 Å². The van der Waals surface area contributed by atoms with Crippen LogP contribution in [-0.4, -0.2) is 37.2 Å². The standard InChI is InChI=1S/C55H90O6/c1-4-7-10-13-16-19-22-24-26-27-28-29-31-33-36-39-42-45-48-54(57)60-51-52(50-59-53(56)47-44-41-38-35-32-21-18-15-12-9-6-3)61-55(58)49-46-43-40-37-34-30-25-23-20-17-14-11-8-5-2/h8,11,15-22,24,26-29,32,52H,4-7,9-10,12-14,23,25,30-31,33-51H2,1-3H3/b11-8-,18-15-,19-16-,20-17-,24-22-,27-26-,29-28-,32-21-. The van der Waals surface area contributed by atoms with E-state index >= 15 is 0 Å². The maximum atomic E-state index is 12.8. The molecule has 1 atom stereocenters. The second kappa shape index (κ2) is 49.0. The number of allylic oxidation sites excluding steroid dienone is 16. The molecule has 0 amide bonds. The molecule has 0 aliphatic rings. The van der Waals surface area contributed by atoms with Crippen molar-refractivity contribution in [2.45, 2.75) is 219 Å². The zero-order chi connectivity index (χ0) is 44.4. The summed E-state index contributed by atoms with van der Waals surface area (Å²) in [6.45, 7) is 6.37. The van der Waals surface area contributed by atoms with Crippen molar-refractivity contribution in [3.8, 4) is 0 Å². The van der Waals surface area contributed by atoms with Crippen molar-refractivity contribution in [1.82, 2.24) is 0 Å². The second-order valence-electron chi connectivity index (χ2n) is 16.1. The lowest BCUT2D eigenvalue weighted by Crippen LogP contribution is -2.30. The number of ether oxygens (including phenoxy) is 3. The van der Waals surface area contributed by atoms with Gasteiger partial charge in [0.25, 0.3) is 0 Å². The van der Waals surface area contributed by atoms with Gasteiger partial charge in [0.15, 0.2) is 6.10 Å². The van der Waals surface area contributed by atoms with E-state index in [1.807, 2.05) is 0 Å². The first-order valence-electron chi connectivity index (χ1n) is 24.8. The smallest absolute Gasteiger partial charge is 0.306 e. The fraction of sp³-hybridized carbons (Fsp3) is 0.655. The molecule has 0 saturated heterocycles. The minimum atomic E-state index is -0.802. The number of esters is 3. The Labute approximate surface area is 375 Å². The molecule has 0 aliphatic heterocycles. The van der Waals surface area contributed by atoms with Gasteiger partial charge >= 0.3 is 17.9 Å². The third-order valence-corrected chi connectivity index (χ3v) is 10.2. The molecule has 0 aromatic rings. The van der Waals surface area contributed by atoms with Gasteiger partial charge in [0.1, 0.15) is 13.2 Å². The molecule has 0 aromatic carbocycles. The molecule has 0 fully saturated rings. The average Bonchev–Trinajstić information content (AvgIpc) is 3.26. The largest absolute Gasteiger partial charge is 0.462 e. The van der Waals surface area contributed by atoms with E-state index in [0.717, 1.165) is 116 Å². The SMILES string of the molecule is CC/C=C\C/C=C\CCCCCCCCCC(=O)OC(COC(=O)CCCCC/C=C\C=C/CCCC)COC(=O)CCCCCCC\C=C/C=C\C=C/C=C\CCCCC. The van der Waals surface area contributed by atoms with Gasteiger partial charge in [-0.1, -0.05) is 201 Å². The molecule has 0 N–H and O–H groups in total. The Morgan fingerprint density at radius 2 is 0.721 bits per heavy atom. The zero-order valence-corrected chi connectivity index (χ0v) is 39.4. The molecule has 0 spiro atoms. The molecule has 1 unspecified atom stereocenters. The highest BCUT2D eigenvalue weighted by Gasteiger charge is 2.19. The Kier molecular flexibility index (Phi) is 46.0. The quantitative estimate of drug-likeness (QED) is 0.0200. The predicted molar refractivity (Wildman–Crippen MR) is 260 cm³/mol. The Morgan fingerprint density at radius 1 is 0.361 bits per heavy atom. The predicted octanol–water partition coefficient (Wildman–Crippen LogP) is 16.2. The summed E-state index contributed by atoms with van der Waals surface area (Å²) >= 11 is 0. The van der Waals surface area contributed by atoms with Gasteiger partial charge in [0.05, 0.1) is 0 Å². The van der Waals surface area contributed by atoms with Crippen LogP contribution in [0, 0.1) is 0 Å². The first kappa shape index (κ1) is 57.3. The number of unbranched alkanes of at least 4 members (excludes halogenated alkanes) is 20. The fourth-order valence-electron chi connectivity index (χ4n) is 6.41. The van der Waals surface area contributed by atoms with E-state index in [-0.39, 0.29) is 31.1 Å². The average molecular weight is 847 g/mol. The van der Waals surface area contributed by atoms with Crippen LogP contribution in [0.2, 0.25) is 0 Å². The highest BCUT2D eigenvalue weighted by atomic mass is 16.6. The highest BCUT2D eigenvalue weighted by molar-refractivity contribution is 5.71. The third-order valence-electron chi connectivity index (χ3n) is 10.2. The molecule has 6 nitrogen and oxygen atoms in total. The number of hydrogen-bond donors (Lipinski definition) is 0. The lowest BCUT2D eigenvalue weighted by atomic mass is 10.1. The number of hydrogen-bond acceptors (Lipinski definition) is 6. The summed E-state index contributed by atoms with van der Waals surface area (Å²) in [6, 6.07) is 0. The maximum absolute atomic E-state index is 12.8. The first-order chi connectivity index (χ1) is 30.0. The van der Waals surface area contributed by atoms with Gasteiger partial charge in [-0.15, -0.1) is 0 Å². The van der Waals surface area contributed by atoms with Crippen molar-refractivity contribution < 1.29 is 28.6 Å². The summed E-state index contributed by atoms with van der Waals surface area (Å²) in [7, 11) is 0. The van der Waals surface area contributed by atoms with Crippen molar-refractivity contribution in [3.05, 3.63) is 97.2 Å². The van der Waals surface area contributed by atoms with Gasteiger partial charge in [-0.05, 0) is 89.9 Å². The van der Waals surface area contributed by atoms with E-state index in [1.165, 1.54) is 57.8 Å². The van der Waals surface area contributed by atoms with Gasteiger partial charge in [-0.3, -0.25) is 14.4 Å². The molecule has 61 heavy (non-hydrogen) atoms. The summed E-state index contributed by atoms with van der Waals surface area (Å²) in [5, 5.41) is 0. The Balaban J connectivity index is 4.47. The van der Waals surface area contributed by atoms with Crippen molar-refractivity contribution in [3.63, 3.8) is 0 Å². The van der Waals surface area contributed by atoms with E-state index < -0.39 is 6.10 Å². The van der Waals surface area contributed by atoms with Gasteiger partial charge in [-0.2, -0.15) is 0 Å². The van der Waals surface area contributed by atoms with Crippen LogP contribution in [0.5, 0.6) is 0 Å². The molecule has 0 radical (unpaired) electrons. The molecule has 0 rings (SSSR count). The summed E-state index contributed by atoms with van der Waals surface area (Å²) < 4.78 is 16.7. The molecule has 0 aliphatic carbocycles. The van der Waals surface area contributed by atoms with Crippen LogP contribution in [0.1, 0.15) is 213 Å². The van der Waals surface area contributed by atoms with Gasteiger partial charge < -0.3 is 14.2 Å². The van der Waals surface area contributed by atoms with E-state index in [4.69, 9.17) is 14.2 Å². The van der Waals surface area contributed by atoms with Gasteiger partial charge in [-0.25, -0.2) is 0 Å². The van der Waals surface area contributed by atoms with Gasteiger partial charge in [0.2, 0.25) is 0 Å². The van der Waals surface area contributed by atoms with E-state index in [0.29, 0.717) is 19.3 Å².